The average molecular weight is 342 g/mol. The molecule has 0 saturated heterocycles. The zero-order valence-corrected chi connectivity index (χ0v) is 14.7. The molecule has 0 radical (unpaired) electrons. The van der Waals surface area contributed by atoms with Crippen molar-refractivity contribution in [2.45, 2.75) is 70.6 Å². The summed E-state index contributed by atoms with van der Waals surface area (Å²) in [5, 5.41) is 0.908. The Hall–Kier alpha value is -0.550. The molecule has 1 aliphatic heterocycles. The SMILES string of the molecule is FC(F)CCc1nc2c(s1)CCN(CCC1CCCCC1)CC2. The maximum Gasteiger partial charge on any atom is 0.239 e. The van der Waals surface area contributed by atoms with Crippen LogP contribution in [0.25, 0.3) is 0 Å². The average Bonchev–Trinajstić information content (AvgIpc) is 2.86. The van der Waals surface area contributed by atoms with E-state index in [2.05, 4.69) is 9.88 Å². The summed E-state index contributed by atoms with van der Waals surface area (Å²) >= 11 is 1.67. The predicted molar refractivity (Wildman–Crippen MR) is 91.5 cm³/mol. The van der Waals surface area contributed by atoms with Gasteiger partial charge in [0, 0.05) is 37.2 Å². The Kier molecular flexibility index (Phi) is 6.40. The highest BCUT2D eigenvalue weighted by molar-refractivity contribution is 7.11. The first kappa shape index (κ1) is 17.3. The van der Waals surface area contributed by atoms with Gasteiger partial charge in [-0.1, -0.05) is 32.1 Å². The standard InChI is InChI=1S/C18H28F2N2S/c19-17(20)6-7-18-21-15-9-12-22(13-10-16(15)23-18)11-8-14-4-2-1-3-5-14/h14,17H,1-13H2. The molecule has 1 fully saturated rings. The minimum atomic E-state index is -2.21. The van der Waals surface area contributed by atoms with Crippen LogP contribution in [0.15, 0.2) is 0 Å². The maximum atomic E-state index is 12.3. The summed E-state index contributed by atoms with van der Waals surface area (Å²) in [6.45, 7) is 3.41. The second kappa shape index (κ2) is 8.52. The third-order valence-corrected chi connectivity index (χ3v) is 6.51. The summed E-state index contributed by atoms with van der Waals surface area (Å²) in [6.07, 6.45) is 8.68. The first-order valence-corrected chi connectivity index (χ1v) is 10.0. The lowest BCUT2D eigenvalue weighted by Gasteiger charge is -2.26. The van der Waals surface area contributed by atoms with E-state index in [1.54, 1.807) is 11.3 Å². The van der Waals surface area contributed by atoms with Crippen LogP contribution < -0.4 is 0 Å². The summed E-state index contributed by atoms with van der Waals surface area (Å²) in [5.41, 5.74) is 1.18. The zero-order chi connectivity index (χ0) is 16.1. The summed E-state index contributed by atoms with van der Waals surface area (Å²) in [6, 6.07) is 0. The summed E-state index contributed by atoms with van der Waals surface area (Å²) in [4.78, 5) is 8.55. The Labute approximate surface area is 142 Å². The Morgan fingerprint density at radius 2 is 1.91 bits per heavy atom. The molecule has 0 bridgehead atoms. The van der Waals surface area contributed by atoms with Gasteiger partial charge in [-0.15, -0.1) is 11.3 Å². The first-order valence-electron chi connectivity index (χ1n) is 9.18. The van der Waals surface area contributed by atoms with Crippen LogP contribution in [0.4, 0.5) is 8.78 Å². The third-order valence-electron chi connectivity index (χ3n) is 5.30. The van der Waals surface area contributed by atoms with E-state index in [-0.39, 0.29) is 6.42 Å². The van der Waals surface area contributed by atoms with Crippen molar-refractivity contribution in [3.8, 4) is 0 Å². The fourth-order valence-electron chi connectivity index (χ4n) is 3.87. The molecule has 1 aromatic heterocycles. The van der Waals surface area contributed by atoms with Crippen LogP contribution in [0.1, 0.15) is 60.5 Å². The van der Waals surface area contributed by atoms with Gasteiger partial charge in [0.2, 0.25) is 6.43 Å². The Morgan fingerprint density at radius 3 is 2.70 bits per heavy atom. The van der Waals surface area contributed by atoms with E-state index in [0.29, 0.717) is 6.42 Å². The zero-order valence-electron chi connectivity index (χ0n) is 13.9. The van der Waals surface area contributed by atoms with Crippen LogP contribution in [0.5, 0.6) is 0 Å². The number of aromatic nitrogens is 1. The first-order chi connectivity index (χ1) is 11.2. The highest BCUT2D eigenvalue weighted by Crippen LogP contribution is 2.28. The number of aryl methyl sites for hydroxylation is 1. The quantitative estimate of drug-likeness (QED) is 0.744. The summed E-state index contributed by atoms with van der Waals surface area (Å²) in [7, 11) is 0. The van der Waals surface area contributed by atoms with Crippen LogP contribution in [-0.4, -0.2) is 35.9 Å². The van der Waals surface area contributed by atoms with E-state index >= 15 is 0 Å². The fraction of sp³-hybridized carbons (Fsp3) is 0.833. The topological polar surface area (TPSA) is 16.1 Å². The molecule has 3 rings (SSSR count). The van der Waals surface area contributed by atoms with Crippen molar-refractivity contribution in [2.75, 3.05) is 19.6 Å². The van der Waals surface area contributed by atoms with Gasteiger partial charge in [-0.05, 0) is 25.3 Å². The molecule has 2 heterocycles. The number of halogens is 2. The smallest absolute Gasteiger partial charge is 0.239 e. The third kappa shape index (κ3) is 5.21. The van der Waals surface area contributed by atoms with Crippen molar-refractivity contribution in [1.82, 2.24) is 9.88 Å². The highest BCUT2D eigenvalue weighted by Gasteiger charge is 2.20. The second-order valence-corrected chi connectivity index (χ2v) is 8.21. The lowest BCUT2D eigenvalue weighted by molar-refractivity contribution is 0.138. The van der Waals surface area contributed by atoms with Gasteiger partial charge < -0.3 is 4.90 Å². The molecule has 0 spiro atoms. The molecule has 2 aliphatic rings. The van der Waals surface area contributed by atoms with Crippen molar-refractivity contribution in [3.05, 3.63) is 15.6 Å². The molecule has 0 aromatic carbocycles. The van der Waals surface area contributed by atoms with Crippen molar-refractivity contribution in [1.29, 1.82) is 0 Å². The maximum absolute atomic E-state index is 12.3. The molecular weight excluding hydrogens is 314 g/mol. The van der Waals surface area contributed by atoms with Crippen molar-refractivity contribution in [3.63, 3.8) is 0 Å². The van der Waals surface area contributed by atoms with Crippen LogP contribution in [0.2, 0.25) is 0 Å². The van der Waals surface area contributed by atoms with E-state index < -0.39 is 6.43 Å². The number of thiazole rings is 1. The van der Waals surface area contributed by atoms with E-state index in [1.807, 2.05) is 0 Å². The van der Waals surface area contributed by atoms with Gasteiger partial charge in [-0.25, -0.2) is 13.8 Å². The largest absolute Gasteiger partial charge is 0.303 e. The molecule has 0 unspecified atom stereocenters. The lowest BCUT2D eigenvalue weighted by atomic mass is 9.87. The molecule has 0 N–H and O–H groups in total. The van der Waals surface area contributed by atoms with Gasteiger partial charge in [-0.2, -0.15) is 0 Å². The van der Waals surface area contributed by atoms with Crippen LogP contribution in [-0.2, 0) is 19.3 Å². The number of hydrogen-bond acceptors (Lipinski definition) is 3. The van der Waals surface area contributed by atoms with E-state index in [0.717, 1.165) is 36.9 Å². The number of hydrogen-bond donors (Lipinski definition) is 0. The molecule has 0 atom stereocenters. The van der Waals surface area contributed by atoms with Gasteiger partial charge in [0.15, 0.2) is 0 Å². The number of fused-ring (bicyclic) bond motifs is 1. The van der Waals surface area contributed by atoms with Crippen molar-refractivity contribution < 1.29 is 8.78 Å². The van der Waals surface area contributed by atoms with Crippen molar-refractivity contribution >= 4 is 11.3 Å². The molecule has 1 aromatic rings. The second-order valence-electron chi connectivity index (χ2n) is 7.04. The molecule has 1 aliphatic carbocycles. The molecule has 130 valence electrons. The number of rotatable bonds is 6. The van der Waals surface area contributed by atoms with Gasteiger partial charge >= 0.3 is 0 Å². The molecule has 5 heteroatoms. The molecule has 2 nitrogen and oxygen atoms in total. The van der Waals surface area contributed by atoms with E-state index in [4.69, 9.17) is 0 Å². The molecular formula is C18H28F2N2S. The summed E-state index contributed by atoms with van der Waals surface area (Å²) in [5.74, 6) is 0.945. The Bertz CT molecular complexity index is 458. The molecule has 0 amide bonds. The minimum absolute atomic E-state index is 0.0556. The van der Waals surface area contributed by atoms with Crippen molar-refractivity contribution in [2.24, 2.45) is 5.92 Å². The monoisotopic (exact) mass is 342 g/mol. The van der Waals surface area contributed by atoms with Crippen LogP contribution in [0.3, 0.4) is 0 Å². The normalized spacial score (nSPS) is 20.7. The number of nitrogens with zero attached hydrogens (tertiary/aromatic N) is 2. The minimum Gasteiger partial charge on any atom is -0.303 e. The predicted octanol–water partition coefficient (Wildman–Crippen LogP) is 4.71. The van der Waals surface area contributed by atoms with Gasteiger partial charge in [-0.3, -0.25) is 0 Å². The van der Waals surface area contributed by atoms with Crippen LogP contribution >= 0.6 is 11.3 Å². The molecule has 1 saturated carbocycles. The summed E-state index contributed by atoms with van der Waals surface area (Å²) < 4.78 is 24.7. The fourth-order valence-corrected chi connectivity index (χ4v) is 4.99. The van der Waals surface area contributed by atoms with Gasteiger partial charge in [0.25, 0.3) is 0 Å². The van der Waals surface area contributed by atoms with Crippen LogP contribution in [0, 0.1) is 5.92 Å². The number of alkyl halides is 2. The van der Waals surface area contributed by atoms with Gasteiger partial charge in [0.1, 0.15) is 0 Å². The Morgan fingerprint density at radius 1 is 1.13 bits per heavy atom. The van der Waals surface area contributed by atoms with Gasteiger partial charge in [0.05, 0.1) is 10.7 Å². The highest BCUT2D eigenvalue weighted by atomic mass is 32.1. The lowest BCUT2D eigenvalue weighted by Crippen LogP contribution is -2.29. The van der Waals surface area contributed by atoms with E-state index in [1.165, 1.54) is 55.6 Å². The Balaban J connectivity index is 1.45. The van der Waals surface area contributed by atoms with E-state index in [9.17, 15) is 8.78 Å². The molecule has 23 heavy (non-hydrogen) atoms.